The fourth-order valence-corrected chi connectivity index (χ4v) is 4.81. The Morgan fingerprint density at radius 1 is 0.968 bits per heavy atom. The van der Waals surface area contributed by atoms with E-state index in [2.05, 4.69) is 23.5 Å². The molecule has 0 radical (unpaired) electrons. The number of amides is 1. The molecule has 2 aliphatic carbocycles. The zero-order valence-electron chi connectivity index (χ0n) is 17.5. The molecule has 0 aliphatic heterocycles. The first-order chi connectivity index (χ1) is 15.2. The van der Waals surface area contributed by atoms with E-state index in [0.717, 1.165) is 53.9 Å². The lowest BCUT2D eigenvalue weighted by atomic mass is 9.85. The highest BCUT2D eigenvalue weighted by Gasteiger charge is 2.27. The van der Waals surface area contributed by atoms with E-state index in [1.807, 2.05) is 6.07 Å². The molecule has 1 saturated carbocycles. The largest absolute Gasteiger partial charge is 0.309 e. The van der Waals surface area contributed by atoms with Crippen molar-refractivity contribution in [1.29, 1.82) is 0 Å². The standard InChI is InChI=1S/C26H26FN3O/c27-20-13-10-17(11-14-20)16-23(31)29-26-24(19-7-2-1-3-8-19)30-25-21-9-5-4-6-18(21)12-15-22(25)28-26/h4-6,9-11,13-14,19H,1-3,7-8,12,15-16H2,(H,28,29,31). The number of hydrogen-bond acceptors (Lipinski definition) is 3. The highest BCUT2D eigenvalue weighted by atomic mass is 19.1. The first-order valence-corrected chi connectivity index (χ1v) is 11.2. The molecule has 0 unspecified atom stereocenters. The number of hydrogen-bond donors (Lipinski definition) is 1. The van der Waals surface area contributed by atoms with Gasteiger partial charge in [-0.25, -0.2) is 14.4 Å². The van der Waals surface area contributed by atoms with Gasteiger partial charge in [-0.1, -0.05) is 55.7 Å². The smallest absolute Gasteiger partial charge is 0.229 e. The van der Waals surface area contributed by atoms with Crippen LogP contribution >= 0.6 is 0 Å². The zero-order chi connectivity index (χ0) is 21.2. The molecular formula is C26H26FN3O. The van der Waals surface area contributed by atoms with Gasteiger partial charge in [0.2, 0.25) is 5.91 Å². The first kappa shape index (κ1) is 19.9. The molecule has 1 fully saturated rings. The minimum absolute atomic E-state index is 0.144. The van der Waals surface area contributed by atoms with E-state index in [4.69, 9.17) is 9.97 Å². The van der Waals surface area contributed by atoms with E-state index < -0.39 is 0 Å². The number of anilines is 1. The van der Waals surface area contributed by atoms with Crippen LogP contribution in [0.2, 0.25) is 0 Å². The third kappa shape index (κ3) is 4.22. The highest BCUT2D eigenvalue weighted by Crippen LogP contribution is 2.38. The van der Waals surface area contributed by atoms with Crippen LogP contribution in [0.25, 0.3) is 11.3 Å². The summed E-state index contributed by atoms with van der Waals surface area (Å²) in [6, 6.07) is 14.5. The van der Waals surface area contributed by atoms with Crippen molar-refractivity contribution in [3.8, 4) is 11.3 Å². The van der Waals surface area contributed by atoms with E-state index in [9.17, 15) is 9.18 Å². The molecule has 1 N–H and O–H groups in total. The summed E-state index contributed by atoms with van der Waals surface area (Å²) >= 11 is 0. The lowest BCUT2D eigenvalue weighted by Gasteiger charge is -2.26. The number of carbonyl (C=O) groups excluding carboxylic acids is 1. The molecule has 0 atom stereocenters. The van der Waals surface area contributed by atoms with Crippen LogP contribution in [-0.4, -0.2) is 15.9 Å². The number of carbonyl (C=O) groups is 1. The molecule has 0 bridgehead atoms. The monoisotopic (exact) mass is 415 g/mol. The second-order valence-electron chi connectivity index (χ2n) is 8.60. The lowest BCUT2D eigenvalue weighted by Crippen LogP contribution is -2.21. The van der Waals surface area contributed by atoms with Crippen LogP contribution in [0, 0.1) is 5.82 Å². The Morgan fingerprint density at radius 2 is 1.74 bits per heavy atom. The zero-order valence-corrected chi connectivity index (χ0v) is 17.5. The minimum atomic E-state index is -0.301. The van der Waals surface area contributed by atoms with Gasteiger partial charge in [0.1, 0.15) is 5.82 Å². The second kappa shape index (κ2) is 8.58. The number of nitrogens with one attached hydrogen (secondary N) is 1. The van der Waals surface area contributed by atoms with Crippen LogP contribution in [0.1, 0.15) is 60.5 Å². The molecular weight excluding hydrogens is 389 g/mol. The van der Waals surface area contributed by atoms with Crippen molar-refractivity contribution in [2.24, 2.45) is 0 Å². The maximum atomic E-state index is 13.2. The molecule has 2 aromatic carbocycles. The highest BCUT2D eigenvalue weighted by molar-refractivity contribution is 5.92. The molecule has 5 heteroatoms. The molecule has 31 heavy (non-hydrogen) atoms. The van der Waals surface area contributed by atoms with Crippen LogP contribution in [-0.2, 0) is 24.1 Å². The summed E-state index contributed by atoms with van der Waals surface area (Å²) in [4.78, 5) is 22.8. The summed E-state index contributed by atoms with van der Waals surface area (Å²) in [7, 11) is 0. The van der Waals surface area contributed by atoms with Gasteiger partial charge in [-0.05, 0) is 48.9 Å². The number of aryl methyl sites for hydroxylation is 2. The number of aromatic nitrogens is 2. The number of benzene rings is 2. The molecule has 1 heterocycles. The number of fused-ring (bicyclic) bond motifs is 3. The summed E-state index contributed by atoms with van der Waals surface area (Å²) < 4.78 is 13.2. The van der Waals surface area contributed by atoms with Gasteiger partial charge in [-0.15, -0.1) is 0 Å². The van der Waals surface area contributed by atoms with Gasteiger partial charge in [-0.2, -0.15) is 0 Å². The van der Waals surface area contributed by atoms with Crippen molar-refractivity contribution in [1.82, 2.24) is 9.97 Å². The van der Waals surface area contributed by atoms with Gasteiger partial charge in [0.15, 0.2) is 5.82 Å². The molecule has 0 spiro atoms. The van der Waals surface area contributed by atoms with Crippen molar-refractivity contribution in [2.45, 2.75) is 57.3 Å². The molecule has 4 nitrogen and oxygen atoms in total. The third-order valence-corrected chi connectivity index (χ3v) is 6.43. The van der Waals surface area contributed by atoms with E-state index in [1.54, 1.807) is 12.1 Å². The molecule has 158 valence electrons. The Hall–Kier alpha value is -3.08. The number of halogens is 1. The average Bonchev–Trinajstić information content (AvgIpc) is 2.80. The minimum Gasteiger partial charge on any atom is -0.309 e. The van der Waals surface area contributed by atoms with Crippen LogP contribution in [0.4, 0.5) is 10.2 Å². The number of nitrogens with zero attached hydrogens (tertiary/aromatic N) is 2. The van der Waals surface area contributed by atoms with Crippen LogP contribution < -0.4 is 5.32 Å². The van der Waals surface area contributed by atoms with Crippen LogP contribution in [0.3, 0.4) is 0 Å². The topological polar surface area (TPSA) is 54.9 Å². The molecule has 1 amide bonds. The molecule has 1 aromatic heterocycles. The molecule has 0 saturated heterocycles. The van der Waals surface area contributed by atoms with Crippen LogP contribution in [0.15, 0.2) is 48.5 Å². The van der Waals surface area contributed by atoms with Crippen molar-refractivity contribution < 1.29 is 9.18 Å². The summed E-state index contributed by atoms with van der Waals surface area (Å²) in [5, 5.41) is 3.04. The van der Waals surface area contributed by atoms with Gasteiger partial charge in [0.25, 0.3) is 0 Å². The van der Waals surface area contributed by atoms with Gasteiger partial charge < -0.3 is 5.32 Å². The Labute approximate surface area is 181 Å². The number of rotatable bonds is 4. The van der Waals surface area contributed by atoms with Gasteiger partial charge in [0.05, 0.1) is 23.5 Å². The van der Waals surface area contributed by atoms with Gasteiger partial charge >= 0.3 is 0 Å². The predicted molar refractivity (Wildman–Crippen MR) is 119 cm³/mol. The van der Waals surface area contributed by atoms with E-state index in [-0.39, 0.29) is 18.1 Å². The lowest BCUT2D eigenvalue weighted by molar-refractivity contribution is -0.115. The first-order valence-electron chi connectivity index (χ1n) is 11.2. The Bertz CT molecular complexity index is 1100. The normalized spacial score (nSPS) is 15.8. The molecule has 5 rings (SSSR count). The average molecular weight is 416 g/mol. The fraction of sp³-hybridized carbons (Fsp3) is 0.346. The van der Waals surface area contributed by atoms with Crippen LogP contribution in [0.5, 0.6) is 0 Å². The van der Waals surface area contributed by atoms with E-state index in [0.29, 0.717) is 11.7 Å². The maximum absolute atomic E-state index is 13.2. The SMILES string of the molecule is O=C(Cc1ccc(F)cc1)Nc1nc2c(nc1C1CCCCC1)-c1ccccc1CC2. The summed E-state index contributed by atoms with van der Waals surface area (Å²) in [5.74, 6) is 0.484. The molecule has 2 aliphatic rings. The van der Waals surface area contributed by atoms with Crippen molar-refractivity contribution >= 4 is 11.7 Å². The molecule has 3 aromatic rings. The summed E-state index contributed by atoms with van der Waals surface area (Å²) in [5.41, 5.74) is 6.10. The van der Waals surface area contributed by atoms with Crippen molar-refractivity contribution in [3.63, 3.8) is 0 Å². The third-order valence-electron chi connectivity index (χ3n) is 6.43. The second-order valence-corrected chi connectivity index (χ2v) is 8.60. The van der Waals surface area contributed by atoms with Gasteiger partial charge in [-0.3, -0.25) is 4.79 Å². The van der Waals surface area contributed by atoms with Crippen molar-refractivity contribution in [3.05, 3.63) is 76.9 Å². The van der Waals surface area contributed by atoms with E-state index in [1.165, 1.54) is 37.0 Å². The quantitative estimate of drug-likeness (QED) is 0.603. The maximum Gasteiger partial charge on any atom is 0.229 e. The van der Waals surface area contributed by atoms with Gasteiger partial charge in [0, 0.05) is 11.5 Å². The van der Waals surface area contributed by atoms with Crippen molar-refractivity contribution in [2.75, 3.05) is 5.32 Å². The Kier molecular flexibility index (Phi) is 5.49. The Balaban J connectivity index is 1.48. The summed E-state index contributed by atoms with van der Waals surface area (Å²) in [6.45, 7) is 0. The van der Waals surface area contributed by atoms with E-state index >= 15 is 0 Å². The summed E-state index contributed by atoms with van der Waals surface area (Å²) in [6.07, 6.45) is 7.72. The predicted octanol–water partition coefficient (Wildman–Crippen LogP) is 5.61. The Morgan fingerprint density at radius 3 is 2.55 bits per heavy atom. The fourth-order valence-electron chi connectivity index (χ4n) is 4.81.